The number of amides is 2. The average molecular weight is 238 g/mol. The molecule has 2 amide bonds. The van der Waals surface area contributed by atoms with Crippen molar-refractivity contribution in [2.45, 2.75) is 39.5 Å². The number of piperazine rings is 1. The molecule has 96 valence electrons. The molecule has 0 radical (unpaired) electrons. The second-order valence-electron chi connectivity index (χ2n) is 5.90. The van der Waals surface area contributed by atoms with Crippen LogP contribution in [0.25, 0.3) is 0 Å². The number of nitrogens with zero attached hydrogens (tertiary/aromatic N) is 1. The molecule has 2 rings (SSSR count). The minimum absolute atomic E-state index is 0.0294. The van der Waals surface area contributed by atoms with E-state index < -0.39 is 0 Å². The molecule has 0 aromatic rings. The van der Waals surface area contributed by atoms with Crippen LogP contribution in [0.5, 0.6) is 0 Å². The molecule has 1 aliphatic heterocycles. The zero-order valence-corrected chi connectivity index (χ0v) is 10.8. The molecular weight excluding hydrogens is 216 g/mol. The first-order valence-electron chi connectivity index (χ1n) is 6.56. The van der Waals surface area contributed by atoms with Gasteiger partial charge in [-0.2, -0.15) is 0 Å². The number of nitrogens with one attached hydrogen (secondary N) is 1. The number of carbonyl (C=O) groups excluding carboxylic acids is 2. The van der Waals surface area contributed by atoms with E-state index in [2.05, 4.69) is 19.2 Å². The molecule has 4 heteroatoms. The van der Waals surface area contributed by atoms with Crippen LogP contribution in [0.15, 0.2) is 0 Å². The minimum Gasteiger partial charge on any atom is -0.353 e. The van der Waals surface area contributed by atoms with Gasteiger partial charge in [0, 0.05) is 19.0 Å². The Bertz CT molecular complexity index is 325. The molecule has 1 saturated heterocycles. The highest BCUT2D eigenvalue weighted by Gasteiger charge is 2.39. The van der Waals surface area contributed by atoms with Crippen molar-refractivity contribution in [2.24, 2.45) is 11.3 Å². The SMILES string of the molecule is CC1(C)CCCCC1C(=O)N1CCNC(=O)C1. The Morgan fingerprint density at radius 2 is 2.18 bits per heavy atom. The molecule has 2 fully saturated rings. The van der Waals surface area contributed by atoms with Crippen molar-refractivity contribution in [3.05, 3.63) is 0 Å². The van der Waals surface area contributed by atoms with Crippen LogP contribution >= 0.6 is 0 Å². The van der Waals surface area contributed by atoms with Crippen LogP contribution in [0.4, 0.5) is 0 Å². The van der Waals surface area contributed by atoms with Crippen LogP contribution in [-0.2, 0) is 9.59 Å². The summed E-state index contributed by atoms with van der Waals surface area (Å²) in [5, 5.41) is 2.76. The summed E-state index contributed by atoms with van der Waals surface area (Å²) in [6, 6.07) is 0. The van der Waals surface area contributed by atoms with Crippen molar-refractivity contribution in [1.29, 1.82) is 0 Å². The van der Waals surface area contributed by atoms with Gasteiger partial charge in [-0.05, 0) is 18.3 Å². The molecule has 1 aliphatic carbocycles. The molecule has 1 unspecified atom stereocenters. The van der Waals surface area contributed by atoms with Crippen LogP contribution in [0.2, 0.25) is 0 Å². The molecule has 4 nitrogen and oxygen atoms in total. The third-order valence-electron chi connectivity index (χ3n) is 4.16. The first-order chi connectivity index (χ1) is 8.00. The second-order valence-corrected chi connectivity index (χ2v) is 5.90. The quantitative estimate of drug-likeness (QED) is 0.745. The predicted octanol–water partition coefficient (Wildman–Crippen LogP) is 1.16. The number of carbonyl (C=O) groups is 2. The highest BCUT2D eigenvalue weighted by molar-refractivity contribution is 5.87. The molecule has 1 N–H and O–H groups in total. The van der Waals surface area contributed by atoms with Crippen molar-refractivity contribution in [1.82, 2.24) is 10.2 Å². The first kappa shape index (κ1) is 12.4. The average Bonchev–Trinajstić information content (AvgIpc) is 2.27. The van der Waals surface area contributed by atoms with Crippen molar-refractivity contribution in [3.63, 3.8) is 0 Å². The van der Waals surface area contributed by atoms with E-state index >= 15 is 0 Å². The Labute approximate surface area is 103 Å². The Balaban J connectivity index is 2.05. The first-order valence-corrected chi connectivity index (χ1v) is 6.56. The fraction of sp³-hybridized carbons (Fsp3) is 0.846. The number of hydrogen-bond donors (Lipinski definition) is 1. The molecule has 1 heterocycles. The van der Waals surface area contributed by atoms with Gasteiger partial charge in [0.25, 0.3) is 0 Å². The van der Waals surface area contributed by atoms with E-state index in [4.69, 9.17) is 0 Å². The largest absolute Gasteiger partial charge is 0.353 e. The Kier molecular flexibility index (Phi) is 3.40. The van der Waals surface area contributed by atoms with Gasteiger partial charge in [0.1, 0.15) is 0 Å². The van der Waals surface area contributed by atoms with Gasteiger partial charge in [0.2, 0.25) is 11.8 Å². The highest BCUT2D eigenvalue weighted by atomic mass is 16.2. The summed E-state index contributed by atoms with van der Waals surface area (Å²) < 4.78 is 0. The molecule has 0 aromatic carbocycles. The summed E-state index contributed by atoms with van der Waals surface area (Å²) in [5.41, 5.74) is 0.0866. The van der Waals surface area contributed by atoms with Crippen molar-refractivity contribution in [2.75, 3.05) is 19.6 Å². The van der Waals surface area contributed by atoms with Crippen LogP contribution in [0.1, 0.15) is 39.5 Å². The Morgan fingerprint density at radius 1 is 1.41 bits per heavy atom. The van der Waals surface area contributed by atoms with Crippen LogP contribution in [0.3, 0.4) is 0 Å². The molecule has 17 heavy (non-hydrogen) atoms. The van der Waals surface area contributed by atoms with E-state index in [-0.39, 0.29) is 29.7 Å². The summed E-state index contributed by atoms with van der Waals surface area (Å²) in [4.78, 5) is 25.5. The third kappa shape index (κ3) is 2.61. The van der Waals surface area contributed by atoms with Crippen molar-refractivity contribution in [3.8, 4) is 0 Å². The highest BCUT2D eigenvalue weighted by Crippen LogP contribution is 2.41. The molecule has 0 spiro atoms. The van der Waals surface area contributed by atoms with E-state index in [1.54, 1.807) is 4.90 Å². The maximum absolute atomic E-state index is 12.5. The Hall–Kier alpha value is -1.06. The maximum atomic E-state index is 12.5. The smallest absolute Gasteiger partial charge is 0.239 e. The summed E-state index contributed by atoms with van der Waals surface area (Å²) >= 11 is 0. The fourth-order valence-corrected chi connectivity index (χ4v) is 3.00. The lowest BCUT2D eigenvalue weighted by Crippen LogP contribution is -2.53. The molecule has 1 atom stereocenters. The van der Waals surface area contributed by atoms with Gasteiger partial charge in [-0.25, -0.2) is 0 Å². The summed E-state index contributed by atoms with van der Waals surface area (Å²) in [5.74, 6) is 0.255. The van der Waals surface area contributed by atoms with Gasteiger partial charge in [0.15, 0.2) is 0 Å². The molecule has 0 bridgehead atoms. The lowest BCUT2D eigenvalue weighted by atomic mass is 9.68. The van der Waals surface area contributed by atoms with Crippen molar-refractivity contribution >= 4 is 11.8 Å². The molecule has 0 aromatic heterocycles. The van der Waals surface area contributed by atoms with E-state index in [0.29, 0.717) is 13.1 Å². The lowest BCUT2D eigenvalue weighted by Gasteiger charge is -2.40. The molecule has 2 aliphatic rings. The fourth-order valence-electron chi connectivity index (χ4n) is 3.00. The van der Waals surface area contributed by atoms with E-state index in [1.165, 1.54) is 6.42 Å². The maximum Gasteiger partial charge on any atom is 0.239 e. The summed E-state index contributed by atoms with van der Waals surface area (Å²) in [6.45, 7) is 5.86. The van der Waals surface area contributed by atoms with Crippen LogP contribution in [-0.4, -0.2) is 36.3 Å². The van der Waals surface area contributed by atoms with Gasteiger partial charge >= 0.3 is 0 Å². The normalized spacial score (nSPS) is 28.7. The van der Waals surface area contributed by atoms with Gasteiger partial charge in [-0.1, -0.05) is 26.7 Å². The van der Waals surface area contributed by atoms with Crippen LogP contribution in [0, 0.1) is 11.3 Å². The molecule has 1 saturated carbocycles. The minimum atomic E-state index is -0.0294. The third-order valence-corrected chi connectivity index (χ3v) is 4.16. The monoisotopic (exact) mass is 238 g/mol. The predicted molar refractivity (Wildman–Crippen MR) is 65.3 cm³/mol. The van der Waals surface area contributed by atoms with Gasteiger partial charge in [-0.15, -0.1) is 0 Å². The van der Waals surface area contributed by atoms with Gasteiger partial charge in [0.05, 0.1) is 6.54 Å². The van der Waals surface area contributed by atoms with Gasteiger partial charge in [-0.3, -0.25) is 9.59 Å². The standard InChI is InChI=1S/C13H22N2O2/c1-13(2)6-4-3-5-10(13)12(17)15-8-7-14-11(16)9-15/h10H,3-9H2,1-2H3,(H,14,16). The Morgan fingerprint density at radius 3 is 2.82 bits per heavy atom. The van der Waals surface area contributed by atoms with E-state index in [1.807, 2.05) is 0 Å². The zero-order chi connectivity index (χ0) is 12.5. The van der Waals surface area contributed by atoms with Gasteiger partial charge < -0.3 is 10.2 Å². The van der Waals surface area contributed by atoms with Crippen molar-refractivity contribution < 1.29 is 9.59 Å². The zero-order valence-electron chi connectivity index (χ0n) is 10.8. The molecular formula is C13H22N2O2. The van der Waals surface area contributed by atoms with Crippen LogP contribution < -0.4 is 5.32 Å². The summed E-state index contributed by atoms with van der Waals surface area (Å²) in [6.07, 6.45) is 4.45. The van der Waals surface area contributed by atoms with E-state index in [9.17, 15) is 9.59 Å². The van der Waals surface area contributed by atoms with E-state index in [0.717, 1.165) is 19.3 Å². The topological polar surface area (TPSA) is 49.4 Å². The number of rotatable bonds is 1. The lowest BCUT2D eigenvalue weighted by molar-refractivity contribution is -0.146. The second kappa shape index (κ2) is 4.67. The summed E-state index contributed by atoms with van der Waals surface area (Å²) in [7, 11) is 0. The number of hydrogen-bond acceptors (Lipinski definition) is 2.